The zero-order valence-electron chi connectivity index (χ0n) is 18.6. The van der Waals surface area contributed by atoms with Crippen molar-refractivity contribution in [3.8, 4) is 17.0 Å². The summed E-state index contributed by atoms with van der Waals surface area (Å²) in [5, 5.41) is 6.58. The predicted molar refractivity (Wildman–Crippen MR) is 116 cm³/mol. The molecule has 0 aliphatic carbocycles. The average Bonchev–Trinajstić information content (AvgIpc) is 3.15. The van der Waals surface area contributed by atoms with Crippen LogP contribution in [0.1, 0.15) is 64.8 Å². The number of hydrogen-bond acceptors (Lipinski definition) is 4. The van der Waals surface area contributed by atoms with E-state index in [4.69, 9.17) is 4.74 Å². The second-order valence-corrected chi connectivity index (χ2v) is 8.86. The van der Waals surface area contributed by atoms with Gasteiger partial charge in [-0.1, -0.05) is 27.7 Å². The zero-order valence-corrected chi connectivity index (χ0v) is 18.6. The first kappa shape index (κ1) is 22.1. The Bertz CT molecular complexity index is 950. The molecule has 0 saturated heterocycles. The maximum absolute atomic E-state index is 15.1. The first-order chi connectivity index (χ1) is 14.1. The van der Waals surface area contributed by atoms with Crippen LogP contribution in [0.2, 0.25) is 0 Å². The van der Waals surface area contributed by atoms with E-state index in [1.807, 2.05) is 40.0 Å². The number of aromatic nitrogens is 1. The fourth-order valence-electron chi connectivity index (χ4n) is 3.62. The Hall–Kier alpha value is -2.63. The van der Waals surface area contributed by atoms with E-state index in [-0.39, 0.29) is 22.6 Å². The average molecular weight is 416 g/mol. The Labute approximate surface area is 177 Å². The van der Waals surface area contributed by atoms with Gasteiger partial charge in [-0.25, -0.2) is 13.8 Å². The van der Waals surface area contributed by atoms with Gasteiger partial charge < -0.3 is 15.4 Å². The quantitative estimate of drug-likeness (QED) is 0.645. The number of pyridine rings is 1. The van der Waals surface area contributed by atoms with Crippen molar-refractivity contribution in [1.29, 1.82) is 0 Å². The predicted octanol–water partition coefficient (Wildman–Crippen LogP) is 5.60. The molecular formula is C24H31F2N3O. The molecule has 1 aromatic carbocycles. The number of benzene rings is 1. The standard InChI is InChI=1S/C24H31F2N3O/c1-7-15-10-16(13-27-15)28-14(2)17-11-20(26)18(12-19(17)25)23-21(30-6)8-9-22(29-23)24(3,4)5/h8-9,11-15,27-28H,7,10H2,1-6H3. The topological polar surface area (TPSA) is 46.2 Å². The van der Waals surface area contributed by atoms with E-state index < -0.39 is 11.6 Å². The molecule has 2 atom stereocenters. The van der Waals surface area contributed by atoms with E-state index in [0.29, 0.717) is 17.5 Å². The molecule has 0 spiro atoms. The van der Waals surface area contributed by atoms with Gasteiger partial charge in [0.15, 0.2) is 0 Å². The van der Waals surface area contributed by atoms with E-state index >= 15 is 8.78 Å². The Morgan fingerprint density at radius 2 is 1.97 bits per heavy atom. The molecule has 0 saturated carbocycles. The van der Waals surface area contributed by atoms with E-state index in [0.717, 1.165) is 24.2 Å². The molecule has 162 valence electrons. The number of halogens is 2. The molecule has 4 nitrogen and oxygen atoms in total. The zero-order chi connectivity index (χ0) is 22.1. The summed E-state index contributed by atoms with van der Waals surface area (Å²) in [7, 11) is 1.50. The second-order valence-electron chi connectivity index (χ2n) is 8.86. The van der Waals surface area contributed by atoms with Gasteiger partial charge in [-0.15, -0.1) is 0 Å². The van der Waals surface area contributed by atoms with Crippen LogP contribution in [0.5, 0.6) is 5.75 Å². The van der Waals surface area contributed by atoms with Gasteiger partial charge in [0.1, 0.15) is 23.1 Å². The van der Waals surface area contributed by atoms with Gasteiger partial charge in [-0.2, -0.15) is 0 Å². The van der Waals surface area contributed by atoms with Crippen LogP contribution in [0, 0.1) is 11.6 Å². The smallest absolute Gasteiger partial charge is 0.145 e. The van der Waals surface area contributed by atoms with Crippen molar-refractivity contribution >= 4 is 0 Å². The Morgan fingerprint density at radius 1 is 1.23 bits per heavy atom. The molecule has 2 heterocycles. The SMILES string of the molecule is CCC1CC(NC(C)c2cc(F)c(-c3nc(C(C)(C)C)ccc3OC)cc2F)=CN1. The van der Waals surface area contributed by atoms with Crippen LogP contribution in [0.3, 0.4) is 0 Å². The number of rotatable bonds is 6. The summed E-state index contributed by atoms with van der Waals surface area (Å²) in [6, 6.07) is 6.10. The molecule has 30 heavy (non-hydrogen) atoms. The highest BCUT2D eigenvalue weighted by molar-refractivity contribution is 5.68. The summed E-state index contributed by atoms with van der Waals surface area (Å²) in [6.45, 7) is 10.0. The molecule has 0 fully saturated rings. The summed E-state index contributed by atoms with van der Waals surface area (Å²) < 4.78 is 35.5. The van der Waals surface area contributed by atoms with E-state index in [1.165, 1.54) is 19.2 Å². The number of nitrogens with zero attached hydrogens (tertiary/aromatic N) is 1. The van der Waals surface area contributed by atoms with Gasteiger partial charge in [-0.3, -0.25) is 0 Å². The first-order valence-corrected chi connectivity index (χ1v) is 10.4. The highest BCUT2D eigenvalue weighted by Gasteiger charge is 2.23. The molecule has 6 heteroatoms. The highest BCUT2D eigenvalue weighted by Crippen LogP contribution is 2.35. The minimum atomic E-state index is -0.526. The molecule has 0 bridgehead atoms. The van der Waals surface area contributed by atoms with Gasteiger partial charge in [0.2, 0.25) is 0 Å². The number of hydrogen-bond donors (Lipinski definition) is 2. The molecule has 3 rings (SSSR count). The largest absolute Gasteiger partial charge is 0.494 e. The fourth-order valence-corrected chi connectivity index (χ4v) is 3.62. The second kappa shape index (κ2) is 8.62. The van der Waals surface area contributed by atoms with Gasteiger partial charge in [0, 0.05) is 46.6 Å². The summed E-state index contributed by atoms with van der Waals surface area (Å²) in [5.41, 5.74) is 2.24. The maximum atomic E-state index is 15.1. The van der Waals surface area contributed by atoms with Crippen LogP contribution in [-0.4, -0.2) is 18.1 Å². The fraction of sp³-hybridized carbons (Fsp3) is 0.458. The summed E-state index contributed by atoms with van der Waals surface area (Å²) >= 11 is 0. The number of nitrogens with one attached hydrogen (secondary N) is 2. The van der Waals surface area contributed by atoms with E-state index in [2.05, 4.69) is 22.5 Å². The summed E-state index contributed by atoms with van der Waals surface area (Å²) in [5.74, 6) is -0.593. The third-order valence-corrected chi connectivity index (χ3v) is 5.51. The lowest BCUT2D eigenvalue weighted by Gasteiger charge is -2.21. The minimum absolute atomic E-state index is 0.0965. The summed E-state index contributed by atoms with van der Waals surface area (Å²) in [6.07, 6.45) is 3.78. The van der Waals surface area contributed by atoms with Crippen molar-refractivity contribution in [2.45, 2.75) is 65.0 Å². The van der Waals surface area contributed by atoms with E-state index in [9.17, 15) is 0 Å². The van der Waals surface area contributed by atoms with Crippen molar-refractivity contribution in [2.24, 2.45) is 0 Å². The van der Waals surface area contributed by atoms with Gasteiger partial charge in [-0.05, 0) is 37.6 Å². The Kier molecular flexibility index (Phi) is 6.34. The first-order valence-electron chi connectivity index (χ1n) is 10.4. The normalized spacial score (nSPS) is 17.3. The lowest BCUT2D eigenvalue weighted by molar-refractivity contribution is 0.413. The number of ether oxygens (including phenoxy) is 1. The minimum Gasteiger partial charge on any atom is -0.494 e. The van der Waals surface area contributed by atoms with Crippen molar-refractivity contribution in [3.63, 3.8) is 0 Å². The van der Waals surface area contributed by atoms with E-state index in [1.54, 1.807) is 6.07 Å². The molecular weight excluding hydrogens is 384 g/mol. The monoisotopic (exact) mass is 415 g/mol. The highest BCUT2D eigenvalue weighted by atomic mass is 19.1. The van der Waals surface area contributed by atoms with Gasteiger partial charge in [0.25, 0.3) is 0 Å². The Balaban J connectivity index is 1.93. The molecule has 1 aliphatic heterocycles. The lowest BCUT2D eigenvalue weighted by atomic mass is 9.91. The molecule has 2 N–H and O–H groups in total. The van der Waals surface area contributed by atoms with Gasteiger partial charge in [0.05, 0.1) is 13.2 Å². The molecule has 2 unspecified atom stereocenters. The molecule has 0 amide bonds. The van der Waals surface area contributed by atoms with Crippen LogP contribution in [0.15, 0.2) is 36.2 Å². The number of methoxy groups -OCH3 is 1. The maximum Gasteiger partial charge on any atom is 0.145 e. The molecule has 1 aliphatic rings. The molecule has 1 aromatic heterocycles. The van der Waals surface area contributed by atoms with Crippen molar-refractivity contribution in [2.75, 3.05) is 7.11 Å². The summed E-state index contributed by atoms with van der Waals surface area (Å²) in [4.78, 5) is 4.60. The van der Waals surface area contributed by atoms with Crippen molar-refractivity contribution < 1.29 is 13.5 Å². The van der Waals surface area contributed by atoms with Gasteiger partial charge >= 0.3 is 0 Å². The van der Waals surface area contributed by atoms with Crippen molar-refractivity contribution in [1.82, 2.24) is 15.6 Å². The van der Waals surface area contributed by atoms with Crippen LogP contribution in [0.25, 0.3) is 11.3 Å². The van der Waals surface area contributed by atoms with Crippen molar-refractivity contribution in [3.05, 3.63) is 59.1 Å². The molecule has 2 aromatic rings. The molecule has 0 radical (unpaired) electrons. The van der Waals surface area contributed by atoms with Crippen LogP contribution < -0.4 is 15.4 Å². The lowest BCUT2D eigenvalue weighted by Crippen LogP contribution is -2.20. The third kappa shape index (κ3) is 4.58. The third-order valence-electron chi connectivity index (χ3n) is 5.51. The van der Waals surface area contributed by atoms with Crippen LogP contribution in [0.4, 0.5) is 8.78 Å². The Morgan fingerprint density at radius 3 is 2.57 bits per heavy atom. The van der Waals surface area contributed by atoms with Crippen LogP contribution in [-0.2, 0) is 5.41 Å². The van der Waals surface area contributed by atoms with Crippen LogP contribution >= 0.6 is 0 Å².